The van der Waals surface area contributed by atoms with Gasteiger partial charge in [-0.3, -0.25) is 0 Å². The Morgan fingerprint density at radius 1 is 1.06 bits per heavy atom. The molecule has 104 valence electrons. The molecule has 0 unspecified atom stereocenters. The topological polar surface area (TPSA) is 30.7 Å². The average molecular weight is 316 g/mol. The van der Waals surface area contributed by atoms with Crippen LogP contribution in [0.5, 0.6) is 0 Å². The van der Waals surface area contributed by atoms with Gasteiger partial charge in [0.05, 0.1) is 5.33 Å². The second kappa shape index (κ2) is 8.68. The van der Waals surface area contributed by atoms with Crippen LogP contribution in [0.3, 0.4) is 0 Å². The van der Waals surface area contributed by atoms with Gasteiger partial charge in [-0.2, -0.15) is 0 Å². The molecule has 0 aliphatic heterocycles. The summed E-state index contributed by atoms with van der Waals surface area (Å²) in [5.41, 5.74) is 0. The summed E-state index contributed by atoms with van der Waals surface area (Å²) < 4.78 is 2.29. The Kier molecular flexibility index (Phi) is 7.56. The zero-order chi connectivity index (χ0) is 13.4. The van der Waals surface area contributed by atoms with Crippen LogP contribution in [0.15, 0.2) is 0 Å². The highest BCUT2D eigenvalue weighted by Crippen LogP contribution is 2.13. The quantitative estimate of drug-likeness (QED) is 0.501. The minimum Gasteiger partial charge on any atom is -0.314 e. The number of alkyl halides is 1. The molecule has 1 rings (SSSR count). The first-order valence-electron chi connectivity index (χ1n) is 7.16. The van der Waals surface area contributed by atoms with Crippen LogP contribution in [0.2, 0.25) is 0 Å². The highest BCUT2D eigenvalue weighted by molar-refractivity contribution is 9.08. The van der Waals surface area contributed by atoms with E-state index in [4.69, 9.17) is 0 Å². The molecule has 0 atom stereocenters. The lowest BCUT2D eigenvalue weighted by atomic mass is 10.1. The molecule has 0 saturated heterocycles. The lowest BCUT2D eigenvalue weighted by molar-refractivity contribution is 0.491. The van der Waals surface area contributed by atoms with Crippen LogP contribution < -0.4 is 0 Å². The lowest BCUT2D eigenvalue weighted by Gasteiger charge is -2.11. The van der Waals surface area contributed by atoms with Gasteiger partial charge in [-0.05, 0) is 12.3 Å². The first kappa shape index (κ1) is 15.7. The van der Waals surface area contributed by atoms with E-state index in [1.165, 1.54) is 32.1 Å². The third kappa shape index (κ3) is 5.09. The van der Waals surface area contributed by atoms with Crippen molar-refractivity contribution < 1.29 is 0 Å². The van der Waals surface area contributed by atoms with E-state index in [9.17, 15) is 0 Å². The van der Waals surface area contributed by atoms with Gasteiger partial charge in [0.25, 0.3) is 0 Å². The van der Waals surface area contributed by atoms with E-state index in [0.717, 1.165) is 29.9 Å². The molecule has 0 fully saturated rings. The molecular weight excluding hydrogens is 290 g/mol. The fourth-order valence-electron chi connectivity index (χ4n) is 2.12. The van der Waals surface area contributed by atoms with Crippen molar-refractivity contribution in [3.8, 4) is 0 Å². The van der Waals surface area contributed by atoms with Gasteiger partial charge >= 0.3 is 0 Å². The number of aromatic nitrogens is 3. The van der Waals surface area contributed by atoms with Gasteiger partial charge in [-0.25, -0.2) is 0 Å². The summed E-state index contributed by atoms with van der Waals surface area (Å²) in [6.07, 6.45) is 7.61. The molecule has 0 saturated carbocycles. The molecule has 1 heterocycles. The van der Waals surface area contributed by atoms with Crippen molar-refractivity contribution in [1.82, 2.24) is 14.8 Å². The first-order chi connectivity index (χ1) is 8.69. The van der Waals surface area contributed by atoms with E-state index in [1.807, 2.05) is 0 Å². The monoisotopic (exact) mass is 315 g/mol. The summed E-state index contributed by atoms with van der Waals surface area (Å²) in [5, 5.41) is 9.40. The van der Waals surface area contributed by atoms with Gasteiger partial charge in [0, 0.05) is 13.0 Å². The summed E-state index contributed by atoms with van der Waals surface area (Å²) >= 11 is 3.49. The summed E-state index contributed by atoms with van der Waals surface area (Å²) in [4.78, 5) is 0. The van der Waals surface area contributed by atoms with Crippen LogP contribution in [0.25, 0.3) is 0 Å². The van der Waals surface area contributed by atoms with Crippen LogP contribution in [0.4, 0.5) is 0 Å². The van der Waals surface area contributed by atoms with Crippen LogP contribution >= 0.6 is 15.9 Å². The van der Waals surface area contributed by atoms with Crippen molar-refractivity contribution in [3.05, 3.63) is 11.6 Å². The third-order valence-corrected chi connectivity index (χ3v) is 3.58. The SMILES string of the molecule is CCCCCCCc1nnc(CBr)n1CC(C)C. The molecule has 0 amide bonds. The van der Waals surface area contributed by atoms with Crippen LogP contribution in [-0.4, -0.2) is 14.8 Å². The predicted octanol–water partition coefficient (Wildman–Crippen LogP) is 4.34. The van der Waals surface area contributed by atoms with Crippen LogP contribution in [-0.2, 0) is 18.3 Å². The Hall–Kier alpha value is -0.380. The molecule has 0 aliphatic rings. The number of halogens is 1. The maximum Gasteiger partial charge on any atom is 0.143 e. The fourth-order valence-corrected chi connectivity index (χ4v) is 2.53. The number of unbranched alkanes of at least 4 members (excludes halogenated alkanes) is 4. The number of hydrogen-bond acceptors (Lipinski definition) is 2. The van der Waals surface area contributed by atoms with Crippen LogP contribution in [0, 0.1) is 5.92 Å². The molecule has 0 radical (unpaired) electrons. The molecule has 0 spiro atoms. The Morgan fingerprint density at radius 3 is 2.33 bits per heavy atom. The van der Waals surface area contributed by atoms with Crippen molar-refractivity contribution in [2.75, 3.05) is 0 Å². The highest BCUT2D eigenvalue weighted by atomic mass is 79.9. The minimum absolute atomic E-state index is 0.637. The molecule has 0 aliphatic carbocycles. The number of rotatable bonds is 9. The molecular formula is C14H26BrN3. The van der Waals surface area contributed by atoms with Gasteiger partial charge in [0.2, 0.25) is 0 Å². The van der Waals surface area contributed by atoms with Gasteiger partial charge in [-0.1, -0.05) is 62.4 Å². The minimum atomic E-state index is 0.637. The Morgan fingerprint density at radius 2 is 1.72 bits per heavy atom. The van der Waals surface area contributed by atoms with Crippen LogP contribution in [0.1, 0.15) is 64.5 Å². The summed E-state index contributed by atoms with van der Waals surface area (Å²) in [7, 11) is 0. The number of aryl methyl sites for hydroxylation is 1. The Bertz CT molecular complexity index is 334. The number of nitrogens with zero attached hydrogens (tertiary/aromatic N) is 3. The molecule has 18 heavy (non-hydrogen) atoms. The Labute approximate surface area is 120 Å². The molecule has 0 N–H and O–H groups in total. The molecule has 3 nitrogen and oxygen atoms in total. The molecule has 1 aromatic rings. The highest BCUT2D eigenvalue weighted by Gasteiger charge is 2.11. The second-order valence-corrected chi connectivity index (χ2v) is 5.90. The summed E-state index contributed by atoms with van der Waals surface area (Å²) in [6.45, 7) is 7.76. The zero-order valence-electron chi connectivity index (χ0n) is 12.0. The second-order valence-electron chi connectivity index (χ2n) is 5.33. The van der Waals surface area contributed by atoms with Crippen molar-refractivity contribution >= 4 is 15.9 Å². The largest absolute Gasteiger partial charge is 0.314 e. The predicted molar refractivity (Wildman–Crippen MR) is 80.0 cm³/mol. The molecule has 0 aromatic carbocycles. The van der Waals surface area contributed by atoms with E-state index < -0.39 is 0 Å². The van der Waals surface area contributed by atoms with E-state index in [2.05, 4.69) is 51.5 Å². The maximum atomic E-state index is 4.34. The van der Waals surface area contributed by atoms with E-state index in [1.54, 1.807) is 0 Å². The van der Waals surface area contributed by atoms with Gasteiger partial charge in [0.15, 0.2) is 0 Å². The summed E-state index contributed by atoms with van der Waals surface area (Å²) in [5.74, 6) is 2.86. The van der Waals surface area contributed by atoms with Crippen molar-refractivity contribution in [2.45, 2.75) is 71.2 Å². The van der Waals surface area contributed by atoms with Crippen molar-refractivity contribution in [3.63, 3.8) is 0 Å². The Balaban J connectivity index is 2.50. The summed E-state index contributed by atoms with van der Waals surface area (Å²) in [6, 6.07) is 0. The maximum absolute atomic E-state index is 4.34. The van der Waals surface area contributed by atoms with Crippen molar-refractivity contribution in [1.29, 1.82) is 0 Å². The third-order valence-electron chi connectivity index (χ3n) is 3.08. The number of hydrogen-bond donors (Lipinski definition) is 0. The molecule has 1 aromatic heterocycles. The van der Waals surface area contributed by atoms with Gasteiger partial charge < -0.3 is 4.57 Å². The van der Waals surface area contributed by atoms with Gasteiger partial charge in [0.1, 0.15) is 11.6 Å². The first-order valence-corrected chi connectivity index (χ1v) is 8.28. The standard InChI is InChI=1S/C14H26BrN3/c1-4-5-6-7-8-9-13-16-17-14(10-15)18(13)11-12(2)3/h12H,4-11H2,1-3H3. The fraction of sp³-hybridized carbons (Fsp3) is 0.857. The molecule has 4 heteroatoms. The smallest absolute Gasteiger partial charge is 0.143 e. The normalized spacial score (nSPS) is 11.4. The lowest BCUT2D eigenvalue weighted by Crippen LogP contribution is -2.11. The average Bonchev–Trinajstić information content (AvgIpc) is 2.71. The van der Waals surface area contributed by atoms with E-state index >= 15 is 0 Å². The van der Waals surface area contributed by atoms with E-state index in [0.29, 0.717) is 5.92 Å². The van der Waals surface area contributed by atoms with Crippen molar-refractivity contribution in [2.24, 2.45) is 5.92 Å². The van der Waals surface area contributed by atoms with E-state index in [-0.39, 0.29) is 0 Å². The van der Waals surface area contributed by atoms with Gasteiger partial charge in [-0.15, -0.1) is 10.2 Å². The molecule has 0 bridgehead atoms. The zero-order valence-corrected chi connectivity index (χ0v) is 13.5.